The molecule has 5 nitrogen and oxygen atoms in total. The number of unbranched alkanes of at least 4 members (excludes halogenated alkanes) is 1. The minimum absolute atomic E-state index is 0. The summed E-state index contributed by atoms with van der Waals surface area (Å²) < 4.78 is 11.1. The van der Waals surface area contributed by atoms with Crippen molar-refractivity contribution in [3.8, 4) is 23.0 Å². The molecule has 6 aromatic rings. The number of benzene rings is 3. The van der Waals surface area contributed by atoms with Gasteiger partial charge in [0.05, 0.1) is 5.69 Å². The summed E-state index contributed by atoms with van der Waals surface area (Å²) in [6, 6.07) is 28.7. The van der Waals surface area contributed by atoms with Gasteiger partial charge in [-0.15, -0.1) is 41.3 Å². The van der Waals surface area contributed by atoms with Crippen LogP contribution in [0, 0.1) is 36.8 Å². The molecule has 3 heterocycles. The van der Waals surface area contributed by atoms with Crippen molar-refractivity contribution in [1.82, 2.24) is 19.3 Å². The van der Waals surface area contributed by atoms with Gasteiger partial charge in [0.25, 0.3) is 0 Å². The van der Waals surface area contributed by atoms with Gasteiger partial charge in [-0.1, -0.05) is 90.3 Å². The van der Waals surface area contributed by atoms with Crippen LogP contribution in [-0.2, 0) is 33.9 Å². The van der Waals surface area contributed by atoms with Crippen molar-refractivity contribution >= 4 is 21.8 Å². The van der Waals surface area contributed by atoms with Crippen molar-refractivity contribution < 1.29 is 25.8 Å². The van der Waals surface area contributed by atoms with E-state index in [0.717, 1.165) is 59.3 Å². The zero-order valence-corrected chi connectivity index (χ0v) is 35.1. The Labute approximate surface area is 331 Å². The van der Waals surface area contributed by atoms with Crippen LogP contribution in [0.4, 0.5) is 0 Å². The number of pyridine rings is 1. The Hall–Kier alpha value is -3.95. The first kappa shape index (κ1) is 38.8. The summed E-state index contributed by atoms with van der Waals surface area (Å²) in [5.41, 5.74) is 10.8. The van der Waals surface area contributed by atoms with E-state index in [1.807, 2.05) is 12.3 Å². The molecule has 3 aromatic carbocycles. The topological polar surface area (TPSA) is 44.9 Å². The molecule has 6 heteroatoms. The number of aryl methyl sites for hydroxylation is 1. The molecule has 0 radical (unpaired) electrons. The number of nitrogens with zero attached hydrogens (tertiary/aromatic N) is 4. The van der Waals surface area contributed by atoms with E-state index in [2.05, 4.69) is 144 Å². The van der Waals surface area contributed by atoms with E-state index >= 15 is 0 Å². The molecule has 0 aliphatic heterocycles. The van der Waals surface area contributed by atoms with E-state index in [4.69, 9.17) is 14.8 Å². The molecule has 3 aromatic heterocycles. The molecule has 0 spiro atoms. The van der Waals surface area contributed by atoms with E-state index in [9.17, 15) is 0 Å². The summed E-state index contributed by atoms with van der Waals surface area (Å²) in [6.07, 6.45) is 9.83. The van der Waals surface area contributed by atoms with Gasteiger partial charge in [0, 0.05) is 40.4 Å². The molecular formula is C47H54N4OPt. The molecule has 0 saturated carbocycles. The van der Waals surface area contributed by atoms with Crippen LogP contribution in [-0.4, -0.2) is 19.3 Å². The van der Waals surface area contributed by atoms with Crippen LogP contribution in [0.15, 0.2) is 78.5 Å². The van der Waals surface area contributed by atoms with Crippen molar-refractivity contribution in [3.05, 3.63) is 119 Å². The smallest absolute Gasteiger partial charge is 0.509 e. The fourth-order valence-corrected chi connectivity index (χ4v) is 8.60. The number of fused-ring (bicyclic) bond motifs is 3. The Balaban J connectivity index is 0.00000481. The Bertz CT molecular complexity index is 2260. The molecule has 53 heavy (non-hydrogen) atoms. The van der Waals surface area contributed by atoms with Gasteiger partial charge < -0.3 is 9.30 Å². The van der Waals surface area contributed by atoms with Gasteiger partial charge in [-0.25, -0.2) is 4.98 Å². The van der Waals surface area contributed by atoms with Crippen molar-refractivity contribution in [2.75, 3.05) is 0 Å². The summed E-state index contributed by atoms with van der Waals surface area (Å²) in [7, 11) is 0. The summed E-state index contributed by atoms with van der Waals surface area (Å²) in [5, 5.41) is 7.56. The molecule has 1 aliphatic carbocycles. The van der Waals surface area contributed by atoms with Crippen molar-refractivity contribution in [2.45, 2.75) is 106 Å². The summed E-state index contributed by atoms with van der Waals surface area (Å²) in [4.78, 5) is 4.85. The van der Waals surface area contributed by atoms with E-state index in [-0.39, 0.29) is 21.1 Å². The monoisotopic (exact) mass is 885 g/mol. The van der Waals surface area contributed by atoms with Crippen LogP contribution in [0.2, 0.25) is 0 Å². The second kappa shape index (κ2) is 16.2. The standard InChI is InChI=1S/C47H54N4O.Pt/c1-10-11-15-43-47(46-32(7)22-31(6)23-33(46)8)34(9)49-51(43)37-25-36(30(4)5)26-39(27-37)52-38-17-18-41-40-14-12-13-16-42(40)50(44(41)28-38)45-24-35(19-20-48-45)21-29(2)3;/h12-14,16-20,22,24-26,29-31,33,46H,10-11,15,21,23H2,1-9H3;/q-2;+2/t31-,33-,46?;/m0./s1. The maximum atomic E-state index is 6.73. The number of hydrogen-bond acceptors (Lipinski definition) is 3. The first-order valence-corrected chi connectivity index (χ1v) is 19.4. The molecule has 0 bridgehead atoms. The number of aromatic nitrogens is 4. The molecule has 0 saturated heterocycles. The Morgan fingerprint density at radius 1 is 0.925 bits per heavy atom. The third kappa shape index (κ3) is 7.83. The predicted octanol–water partition coefficient (Wildman–Crippen LogP) is 12.4. The normalized spacial score (nSPS) is 17.5. The molecule has 0 fully saturated rings. The minimum Gasteiger partial charge on any atom is -0.509 e. The maximum absolute atomic E-state index is 6.73. The molecule has 1 aliphatic rings. The van der Waals surface area contributed by atoms with Gasteiger partial charge in [0.15, 0.2) is 0 Å². The van der Waals surface area contributed by atoms with Gasteiger partial charge in [-0.3, -0.25) is 4.68 Å². The van der Waals surface area contributed by atoms with Gasteiger partial charge in [-0.05, 0) is 98.0 Å². The second-order valence-electron chi connectivity index (χ2n) is 16.0. The summed E-state index contributed by atoms with van der Waals surface area (Å²) in [6.45, 7) is 20.5. The average molecular weight is 886 g/mol. The third-order valence-corrected chi connectivity index (χ3v) is 10.8. The Morgan fingerprint density at radius 2 is 1.72 bits per heavy atom. The number of allylic oxidation sites excluding steroid dienone is 2. The van der Waals surface area contributed by atoms with Crippen LogP contribution in [0.25, 0.3) is 33.3 Å². The van der Waals surface area contributed by atoms with E-state index in [1.165, 1.54) is 39.8 Å². The summed E-state index contributed by atoms with van der Waals surface area (Å²) >= 11 is 0. The summed E-state index contributed by atoms with van der Waals surface area (Å²) in [5.74, 6) is 4.63. The molecule has 7 rings (SSSR count). The zero-order chi connectivity index (χ0) is 36.7. The van der Waals surface area contributed by atoms with Crippen LogP contribution >= 0.6 is 0 Å². The largest absolute Gasteiger partial charge is 2.00 e. The van der Waals surface area contributed by atoms with Crippen molar-refractivity contribution in [2.24, 2.45) is 17.8 Å². The van der Waals surface area contributed by atoms with Crippen molar-refractivity contribution in [1.29, 1.82) is 0 Å². The fourth-order valence-electron chi connectivity index (χ4n) is 8.60. The number of ether oxygens (including phenoxy) is 1. The van der Waals surface area contributed by atoms with E-state index < -0.39 is 0 Å². The molecule has 0 amide bonds. The second-order valence-corrected chi connectivity index (χ2v) is 16.0. The number of rotatable bonds is 11. The Morgan fingerprint density at radius 3 is 2.45 bits per heavy atom. The van der Waals surface area contributed by atoms with E-state index in [0.29, 0.717) is 41.1 Å². The number of para-hydroxylation sites is 1. The first-order valence-electron chi connectivity index (χ1n) is 19.4. The molecule has 0 N–H and O–H groups in total. The third-order valence-electron chi connectivity index (χ3n) is 10.8. The molecular weight excluding hydrogens is 832 g/mol. The maximum Gasteiger partial charge on any atom is 2.00 e. The van der Waals surface area contributed by atoms with Crippen LogP contribution in [0.1, 0.15) is 115 Å². The van der Waals surface area contributed by atoms with Crippen LogP contribution < -0.4 is 4.74 Å². The van der Waals surface area contributed by atoms with Gasteiger partial charge in [0.1, 0.15) is 5.82 Å². The fraction of sp³-hybridized carbons (Fsp3) is 0.404. The molecule has 3 atom stereocenters. The van der Waals surface area contributed by atoms with Gasteiger partial charge >= 0.3 is 21.1 Å². The minimum atomic E-state index is 0. The van der Waals surface area contributed by atoms with Crippen molar-refractivity contribution in [3.63, 3.8) is 0 Å². The molecule has 1 unspecified atom stereocenters. The van der Waals surface area contributed by atoms with Gasteiger partial charge in [-0.2, -0.15) is 11.2 Å². The van der Waals surface area contributed by atoms with Crippen LogP contribution in [0.3, 0.4) is 0 Å². The number of hydrogen-bond donors (Lipinski definition) is 0. The van der Waals surface area contributed by atoms with Gasteiger partial charge in [0.2, 0.25) is 0 Å². The van der Waals surface area contributed by atoms with E-state index in [1.54, 1.807) is 0 Å². The quantitative estimate of drug-likeness (QED) is 0.0962. The predicted molar refractivity (Wildman–Crippen MR) is 215 cm³/mol. The average Bonchev–Trinajstić information content (AvgIpc) is 3.60. The SMILES string of the molecule is CCCCc1c(C2C(C)=C[C@H](C)C[C@@H]2C)c(C)nn1-c1[c-]c(Oc2[c-]c3c(cc2)c2ccccc2n3-c2cc(CC(C)C)ccn2)cc(C(C)C)c1.[Pt+2]. The Kier molecular flexibility index (Phi) is 11.8. The first-order chi connectivity index (χ1) is 25.0. The van der Waals surface area contributed by atoms with Crippen LogP contribution in [0.5, 0.6) is 11.5 Å². The molecule has 278 valence electrons. The zero-order valence-electron chi connectivity index (χ0n) is 32.9.